The number of carboxylic acid groups (broad SMARTS) is 1. The fraction of sp³-hybridized carbons (Fsp3) is 0.562. The second kappa shape index (κ2) is 7.00. The number of carboxylic acids is 1. The Morgan fingerprint density at radius 2 is 2.10 bits per heavy atom. The Kier molecular flexibility index (Phi) is 5.31. The fourth-order valence-electron chi connectivity index (χ4n) is 2.93. The van der Waals surface area contributed by atoms with E-state index in [1.54, 1.807) is 6.07 Å². The van der Waals surface area contributed by atoms with Gasteiger partial charge in [0, 0.05) is 12.6 Å². The first kappa shape index (κ1) is 15.9. The molecule has 0 bridgehead atoms. The molecule has 1 saturated heterocycles. The summed E-state index contributed by atoms with van der Waals surface area (Å²) in [7, 11) is 2.05. The SMILES string of the molecule is CCN1CCC(N(C)Cc2ccc(F)c(C(=O)O)c2)CC1. The Hall–Kier alpha value is -1.46. The zero-order chi connectivity index (χ0) is 15.4. The second-order valence-electron chi connectivity index (χ2n) is 5.70. The van der Waals surface area contributed by atoms with Gasteiger partial charge in [-0.15, -0.1) is 0 Å². The molecule has 0 amide bonds. The van der Waals surface area contributed by atoms with Crippen LogP contribution in [0.4, 0.5) is 4.39 Å². The molecule has 5 heteroatoms. The smallest absolute Gasteiger partial charge is 0.338 e. The van der Waals surface area contributed by atoms with Crippen molar-refractivity contribution < 1.29 is 14.3 Å². The molecular formula is C16H23FN2O2. The monoisotopic (exact) mass is 294 g/mol. The van der Waals surface area contributed by atoms with Gasteiger partial charge in [-0.3, -0.25) is 4.90 Å². The van der Waals surface area contributed by atoms with Crippen LogP contribution in [0.3, 0.4) is 0 Å². The minimum Gasteiger partial charge on any atom is -0.478 e. The Bertz CT molecular complexity index is 499. The lowest BCUT2D eigenvalue weighted by molar-refractivity contribution is 0.0691. The molecule has 1 N–H and O–H groups in total. The number of piperidine rings is 1. The molecule has 1 aromatic rings. The molecule has 0 saturated carbocycles. The third-order valence-corrected chi connectivity index (χ3v) is 4.32. The third kappa shape index (κ3) is 4.02. The number of hydrogen-bond acceptors (Lipinski definition) is 3. The van der Waals surface area contributed by atoms with Crippen LogP contribution in [0, 0.1) is 5.82 Å². The van der Waals surface area contributed by atoms with Crippen molar-refractivity contribution in [3.8, 4) is 0 Å². The number of aromatic carboxylic acids is 1. The molecule has 0 unspecified atom stereocenters. The summed E-state index contributed by atoms with van der Waals surface area (Å²) in [5, 5.41) is 8.97. The summed E-state index contributed by atoms with van der Waals surface area (Å²) in [5.74, 6) is -1.89. The highest BCUT2D eigenvalue weighted by molar-refractivity contribution is 5.88. The van der Waals surface area contributed by atoms with Crippen molar-refractivity contribution in [1.29, 1.82) is 0 Å². The maximum atomic E-state index is 13.4. The first-order valence-electron chi connectivity index (χ1n) is 7.45. The van der Waals surface area contributed by atoms with E-state index in [9.17, 15) is 9.18 Å². The Labute approximate surface area is 125 Å². The maximum Gasteiger partial charge on any atom is 0.338 e. The summed E-state index contributed by atoms with van der Waals surface area (Å²) < 4.78 is 13.4. The van der Waals surface area contributed by atoms with Gasteiger partial charge in [0.25, 0.3) is 0 Å². The minimum absolute atomic E-state index is 0.248. The van der Waals surface area contributed by atoms with Crippen LogP contribution in [0.1, 0.15) is 35.7 Å². The number of halogens is 1. The lowest BCUT2D eigenvalue weighted by Gasteiger charge is -2.36. The molecule has 0 aromatic heterocycles. The number of carbonyl (C=O) groups is 1. The molecule has 1 aliphatic heterocycles. The van der Waals surface area contributed by atoms with Crippen molar-refractivity contribution in [1.82, 2.24) is 9.80 Å². The summed E-state index contributed by atoms with van der Waals surface area (Å²) in [6, 6.07) is 4.85. The first-order chi connectivity index (χ1) is 10.0. The van der Waals surface area contributed by atoms with Crippen molar-refractivity contribution in [2.45, 2.75) is 32.4 Å². The molecule has 4 nitrogen and oxygen atoms in total. The highest BCUT2D eigenvalue weighted by Crippen LogP contribution is 2.18. The third-order valence-electron chi connectivity index (χ3n) is 4.32. The number of rotatable bonds is 5. The topological polar surface area (TPSA) is 43.8 Å². The molecule has 0 radical (unpaired) electrons. The largest absolute Gasteiger partial charge is 0.478 e. The van der Waals surface area contributed by atoms with Crippen LogP contribution in [0.5, 0.6) is 0 Å². The van der Waals surface area contributed by atoms with Gasteiger partial charge in [0.05, 0.1) is 5.56 Å². The maximum absolute atomic E-state index is 13.4. The molecule has 0 spiro atoms. The van der Waals surface area contributed by atoms with Crippen molar-refractivity contribution in [2.24, 2.45) is 0 Å². The number of nitrogens with zero attached hydrogens (tertiary/aromatic N) is 2. The minimum atomic E-state index is -1.21. The quantitative estimate of drug-likeness (QED) is 0.906. The summed E-state index contributed by atoms with van der Waals surface area (Å²) in [5.41, 5.74) is 0.593. The Balaban J connectivity index is 1.98. The van der Waals surface area contributed by atoms with E-state index in [0.29, 0.717) is 12.6 Å². The molecule has 116 valence electrons. The fourth-order valence-corrected chi connectivity index (χ4v) is 2.93. The zero-order valence-electron chi connectivity index (χ0n) is 12.7. The van der Waals surface area contributed by atoms with E-state index in [2.05, 4.69) is 23.8 Å². The van der Waals surface area contributed by atoms with E-state index in [4.69, 9.17) is 5.11 Å². The molecular weight excluding hydrogens is 271 g/mol. The van der Waals surface area contributed by atoms with Crippen LogP contribution in [0.15, 0.2) is 18.2 Å². The number of likely N-dealkylation sites (tertiary alicyclic amines) is 1. The van der Waals surface area contributed by atoms with Gasteiger partial charge in [-0.25, -0.2) is 9.18 Å². The summed E-state index contributed by atoms with van der Waals surface area (Å²) in [6.45, 7) is 6.13. The van der Waals surface area contributed by atoms with Gasteiger partial charge in [0.15, 0.2) is 0 Å². The van der Waals surface area contributed by atoms with Crippen molar-refractivity contribution in [3.63, 3.8) is 0 Å². The van der Waals surface area contributed by atoms with E-state index in [1.807, 2.05) is 0 Å². The molecule has 21 heavy (non-hydrogen) atoms. The van der Waals surface area contributed by atoms with Crippen LogP contribution >= 0.6 is 0 Å². The highest BCUT2D eigenvalue weighted by Gasteiger charge is 2.22. The predicted octanol–water partition coefficient (Wildman–Crippen LogP) is 2.44. The summed E-state index contributed by atoms with van der Waals surface area (Å²) in [4.78, 5) is 15.6. The molecule has 1 aromatic carbocycles. The lowest BCUT2D eigenvalue weighted by Crippen LogP contribution is -2.42. The van der Waals surface area contributed by atoms with Crippen LogP contribution in [-0.2, 0) is 6.54 Å². The predicted molar refractivity (Wildman–Crippen MR) is 80.0 cm³/mol. The van der Waals surface area contributed by atoms with Gasteiger partial charge in [-0.05, 0) is 57.2 Å². The Morgan fingerprint density at radius 1 is 1.43 bits per heavy atom. The van der Waals surface area contributed by atoms with Crippen molar-refractivity contribution >= 4 is 5.97 Å². The lowest BCUT2D eigenvalue weighted by atomic mass is 10.0. The van der Waals surface area contributed by atoms with Crippen molar-refractivity contribution in [2.75, 3.05) is 26.7 Å². The van der Waals surface area contributed by atoms with Crippen LogP contribution < -0.4 is 0 Å². The van der Waals surface area contributed by atoms with Gasteiger partial charge < -0.3 is 10.0 Å². The van der Waals surface area contributed by atoms with E-state index in [1.165, 1.54) is 12.1 Å². The molecule has 2 rings (SSSR count). The molecule has 1 heterocycles. The van der Waals surface area contributed by atoms with Gasteiger partial charge in [0.2, 0.25) is 0 Å². The molecule has 0 atom stereocenters. The van der Waals surface area contributed by atoms with Crippen LogP contribution in [0.2, 0.25) is 0 Å². The van der Waals surface area contributed by atoms with E-state index < -0.39 is 11.8 Å². The number of benzene rings is 1. The van der Waals surface area contributed by atoms with E-state index in [-0.39, 0.29) is 5.56 Å². The molecule has 1 fully saturated rings. The average molecular weight is 294 g/mol. The Morgan fingerprint density at radius 3 is 2.67 bits per heavy atom. The molecule has 0 aliphatic carbocycles. The van der Waals surface area contributed by atoms with Crippen LogP contribution in [0.25, 0.3) is 0 Å². The van der Waals surface area contributed by atoms with Crippen molar-refractivity contribution in [3.05, 3.63) is 35.1 Å². The second-order valence-corrected chi connectivity index (χ2v) is 5.70. The van der Waals surface area contributed by atoms with Gasteiger partial charge in [-0.1, -0.05) is 13.0 Å². The van der Waals surface area contributed by atoms with E-state index in [0.717, 1.165) is 38.0 Å². The highest BCUT2D eigenvalue weighted by atomic mass is 19.1. The standard InChI is InChI=1S/C16H23FN2O2/c1-3-19-8-6-13(7-9-19)18(2)11-12-4-5-15(17)14(10-12)16(20)21/h4-5,10,13H,3,6-9,11H2,1-2H3,(H,20,21). The number of hydrogen-bond donors (Lipinski definition) is 1. The van der Waals surface area contributed by atoms with Gasteiger partial charge >= 0.3 is 5.97 Å². The molecule has 1 aliphatic rings. The zero-order valence-corrected chi connectivity index (χ0v) is 12.7. The van der Waals surface area contributed by atoms with E-state index >= 15 is 0 Å². The van der Waals surface area contributed by atoms with Crippen LogP contribution in [-0.4, -0.2) is 53.6 Å². The summed E-state index contributed by atoms with van der Waals surface area (Å²) >= 11 is 0. The summed E-state index contributed by atoms with van der Waals surface area (Å²) in [6.07, 6.45) is 2.24. The normalized spacial score (nSPS) is 17.3. The van der Waals surface area contributed by atoms with Gasteiger partial charge in [-0.2, -0.15) is 0 Å². The van der Waals surface area contributed by atoms with Gasteiger partial charge in [0.1, 0.15) is 5.82 Å². The first-order valence-corrected chi connectivity index (χ1v) is 7.45. The average Bonchev–Trinajstić information content (AvgIpc) is 2.49.